The van der Waals surface area contributed by atoms with Crippen LogP contribution in [0.2, 0.25) is 0 Å². The summed E-state index contributed by atoms with van der Waals surface area (Å²) in [5, 5.41) is 11.3. The minimum atomic E-state index is -2.69. The Hall–Kier alpha value is -2.74. The number of anilines is 1. The van der Waals surface area contributed by atoms with Gasteiger partial charge in [0.15, 0.2) is 11.6 Å². The number of nitrogens with zero attached hydrogens (tertiary/aromatic N) is 2. The summed E-state index contributed by atoms with van der Waals surface area (Å²) in [4.78, 5) is 40.1. The lowest BCUT2D eigenvalue weighted by Crippen LogP contribution is -2.71. The van der Waals surface area contributed by atoms with Crippen LogP contribution in [0.15, 0.2) is 41.3 Å². The molecule has 0 saturated carbocycles. The van der Waals surface area contributed by atoms with E-state index in [1.54, 1.807) is 18.2 Å². The van der Waals surface area contributed by atoms with E-state index in [9.17, 15) is 19.1 Å². The van der Waals surface area contributed by atoms with Crippen LogP contribution in [0.1, 0.15) is 17.3 Å². The first-order valence-corrected chi connectivity index (χ1v) is 9.02. The molecule has 0 spiro atoms. The highest BCUT2D eigenvalue weighted by atomic mass is 19.1. The summed E-state index contributed by atoms with van der Waals surface area (Å²) in [5.41, 5.74) is 1.54. The van der Waals surface area contributed by atoms with Crippen molar-refractivity contribution < 1.29 is 38.3 Å². The second-order valence-electron chi connectivity index (χ2n) is 6.70. The SMILES string of the molecule is COO[C@]1(OC)[C@@](O)(OC)[C@@H](C)O[C@@]1(C(=O)c1ccccc1)n1cc(F)c(N)nc1=O. The van der Waals surface area contributed by atoms with Gasteiger partial charge in [-0.1, -0.05) is 30.3 Å². The van der Waals surface area contributed by atoms with Crippen molar-refractivity contribution in [2.45, 2.75) is 30.3 Å². The number of benzene rings is 1. The number of nitrogen functional groups attached to an aromatic ring is 1. The molecule has 1 aliphatic heterocycles. The molecule has 1 fully saturated rings. The molecule has 3 N–H and O–H groups in total. The number of carbonyl (C=O) groups excluding carboxylic acids is 1. The van der Waals surface area contributed by atoms with Crippen LogP contribution >= 0.6 is 0 Å². The first kappa shape index (κ1) is 22.9. The van der Waals surface area contributed by atoms with Crippen LogP contribution in [-0.2, 0) is 29.7 Å². The molecule has 31 heavy (non-hydrogen) atoms. The van der Waals surface area contributed by atoms with E-state index in [1.165, 1.54) is 19.1 Å². The monoisotopic (exact) mass is 439 g/mol. The van der Waals surface area contributed by atoms with E-state index in [2.05, 4.69) is 4.98 Å². The van der Waals surface area contributed by atoms with E-state index in [0.717, 1.165) is 21.3 Å². The fraction of sp³-hybridized carbons (Fsp3) is 0.421. The van der Waals surface area contributed by atoms with Crippen LogP contribution in [0.4, 0.5) is 10.2 Å². The number of nitrogens with two attached hydrogens (primary N) is 1. The Labute approximate surface area is 176 Å². The van der Waals surface area contributed by atoms with Gasteiger partial charge in [0.2, 0.25) is 5.78 Å². The Balaban J connectivity index is 2.48. The third-order valence-electron chi connectivity index (χ3n) is 5.21. The molecule has 1 aromatic carbocycles. The third-order valence-corrected chi connectivity index (χ3v) is 5.21. The largest absolute Gasteiger partial charge is 0.381 e. The zero-order valence-corrected chi connectivity index (χ0v) is 17.2. The lowest BCUT2D eigenvalue weighted by atomic mass is 9.87. The van der Waals surface area contributed by atoms with E-state index in [0.29, 0.717) is 10.8 Å². The second kappa shape index (κ2) is 8.07. The predicted octanol–water partition coefficient (Wildman–Crippen LogP) is 0.175. The number of Topliss-reactive ketones (excluding diaryl/α,β-unsaturated/α-hetero) is 1. The molecule has 2 aromatic rings. The number of aromatic nitrogens is 2. The van der Waals surface area contributed by atoms with E-state index >= 15 is 0 Å². The number of hydrogen-bond acceptors (Lipinski definition) is 10. The quantitative estimate of drug-likeness (QED) is 0.265. The predicted molar refractivity (Wildman–Crippen MR) is 102 cm³/mol. The average molecular weight is 439 g/mol. The van der Waals surface area contributed by atoms with Gasteiger partial charge in [0, 0.05) is 19.8 Å². The number of rotatable bonds is 7. The molecular formula is C19H22FN3O8. The number of ketones is 1. The maximum absolute atomic E-state index is 14.4. The van der Waals surface area contributed by atoms with Gasteiger partial charge >= 0.3 is 11.5 Å². The minimum absolute atomic E-state index is 0.0142. The summed E-state index contributed by atoms with van der Waals surface area (Å²) in [7, 11) is 3.23. The molecule has 0 bridgehead atoms. The van der Waals surface area contributed by atoms with Crippen LogP contribution in [0.3, 0.4) is 0 Å². The first-order chi connectivity index (χ1) is 14.6. The van der Waals surface area contributed by atoms with Crippen molar-refractivity contribution in [3.63, 3.8) is 0 Å². The van der Waals surface area contributed by atoms with Gasteiger partial charge in [-0.25, -0.2) is 14.1 Å². The van der Waals surface area contributed by atoms with Crippen molar-refractivity contribution in [2.75, 3.05) is 27.1 Å². The highest BCUT2D eigenvalue weighted by Gasteiger charge is 2.81. The smallest absolute Gasteiger partial charge is 0.352 e. The lowest BCUT2D eigenvalue weighted by molar-refractivity contribution is -0.496. The Morgan fingerprint density at radius 3 is 2.45 bits per heavy atom. The van der Waals surface area contributed by atoms with Crippen LogP contribution in [0, 0.1) is 5.82 Å². The number of aliphatic hydroxyl groups is 1. The summed E-state index contributed by atoms with van der Waals surface area (Å²) in [6, 6.07) is 7.60. The summed E-state index contributed by atoms with van der Waals surface area (Å²) < 4.78 is 31.5. The molecule has 4 atom stereocenters. The lowest BCUT2D eigenvalue weighted by Gasteiger charge is -2.44. The number of methoxy groups -OCH3 is 2. The zero-order valence-electron chi connectivity index (χ0n) is 17.2. The van der Waals surface area contributed by atoms with E-state index in [-0.39, 0.29) is 5.56 Å². The van der Waals surface area contributed by atoms with Crippen LogP contribution in [0.25, 0.3) is 0 Å². The Kier molecular flexibility index (Phi) is 5.97. The van der Waals surface area contributed by atoms with Gasteiger partial charge in [0.25, 0.3) is 11.5 Å². The van der Waals surface area contributed by atoms with Gasteiger partial charge in [-0.2, -0.15) is 9.87 Å². The maximum Gasteiger partial charge on any atom is 0.352 e. The third kappa shape index (κ3) is 2.99. The fourth-order valence-electron chi connectivity index (χ4n) is 3.76. The topological polar surface area (TPSA) is 144 Å². The minimum Gasteiger partial charge on any atom is -0.381 e. The number of ether oxygens (including phenoxy) is 3. The summed E-state index contributed by atoms with van der Waals surface area (Å²) in [6.45, 7) is 1.34. The van der Waals surface area contributed by atoms with Gasteiger partial charge in [-0.3, -0.25) is 9.36 Å². The summed E-state index contributed by atoms with van der Waals surface area (Å²) >= 11 is 0. The van der Waals surface area contributed by atoms with Crippen molar-refractivity contribution in [1.29, 1.82) is 0 Å². The van der Waals surface area contributed by atoms with Crippen LogP contribution in [0.5, 0.6) is 0 Å². The summed E-state index contributed by atoms with van der Waals surface area (Å²) in [5.74, 6) is -7.96. The molecule has 168 valence electrons. The standard InChI is InChI=1S/C19H22FN3O8/c1-11-18(26,27-2)19(28-3,31-29-4)17(30-11,14(24)12-8-6-5-7-9-12)23-10-13(20)15(21)22-16(23)25/h5-11,26H,1-4H3,(H2,21,22,25)/t11-,17-,18+,19+/m1/s1. The number of carbonyl (C=O) groups is 1. The normalized spacial score (nSPS) is 30.5. The van der Waals surface area contributed by atoms with Gasteiger partial charge in [-0.05, 0) is 6.92 Å². The average Bonchev–Trinajstić information content (AvgIpc) is 2.96. The van der Waals surface area contributed by atoms with E-state index < -0.39 is 46.5 Å². The van der Waals surface area contributed by atoms with Gasteiger partial charge < -0.3 is 25.1 Å². The molecule has 0 aliphatic carbocycles. The summed E-state index contributed by atoms with van der Waals surface area (Å²) in [6.07, 6.45) is -0.750. The Morgan fingerprint density at radius 1 is 1.26 bits per heavy atom. The molecule has 11 nitrogen and oxygen atoms in total. The Bertz CT molecular complexity index is 1030. The van der Waals surface area contributed by atoms with Crippen molar-refractivity contribution in [2.24, 2.45) is 0 Å². The molecule has 0 amide bonds. The number of halogens is 1. The van der Waals surface area contributed by atoms with Crippen molar-refractivity contribution in [3.05, 3.63) is 58.4 Å². The highest BCUT2D eigenvalue weighted by Crippen LogP contribution is 2.54. The van der Waals surface area contributed by atoms with E-state index in [1.807, 2.05) is 0 Å². The first-order valence-electron chi connectivity index (χ1n) is 9.02. The Morgan fingerprint density at radius 2 is 1.90 bits per heavy atom. The molecule has 0 unspecified atom stereocenters. The molecular weight excluding hydrogens is 417 g/mol. The zero-order chi connectivity index (χ0) is 23.0. The molecule has 0 radical (unpaired) electrons. The van der Waals surface area contributed by atoms with Gasteiger partial charge in [0.1, 0.15) is 6.10 Å². The molecule has 1 saturated heterocycles. The number of hydrogen-bond donors (Lipinski definition) is 2. The molecule has 3 rings (SSSR count). The van der Waals surface area contributed by atoms with Gasteiger partial charge in [0.05, 0.1) is 13.3 Å². The van der Waals surface area contributed by atoms with E-state index in [4.69, 9.17) is 29.7 Å². The second-order valence-corrected chi connectivity index (χ2v) is 6.70. The van der Waals surface area contributed by atoms with Crippen molar-refractivity contribution in [1.82, 2.24) is 9.55 Å². The van der Waals surface area contributed by atoms with Crippen LogP contribution < -0.4 is 11.4 Å². The van der Waals surface area contributed by atoms with Crippen molar-refractivity contribution in [3.8, 4) is 0 Å². The fourth-order valence-corrected chi connectivity index (χ4v) is 3.76. The maximum atomic E-state index is 14.4. The van der Waals surface area contributed by atoms with Crippen LogP contribution in [-0.4, -0.2) is 59.4 Å². The highest BCUT2D eigenvalue weighted by molar-refractivity contribution is 6.02. The molecule has 1 aromatic heterocycles. The molecule has 2 heterocycles. The van der Waals surface area contributed by atoms with Gasteiger partial charge in [-0.15, -0.1) is 0 Å². The molecule has 1 aliphatic rings. The molecule has 12 heteroatoms. The van der Waals surface area contributed by atoms with Crippen molar-refractivity contribution >= 4 is 11.6 Å².